The molecule has 1 N–H and O–H groups in total. The molecule has 8 heteroatoms. The van der Waals surface area contributed by atoms with Crippen LogP contribution in [0.1, 0.15) is 19.3 Å². The molecule has 106 valence electrons. The lowest BCUT2D eigenvalue weighted by Crippen LogP contribution is -2.30. The van der Waals surface area contributed by atoms with E-state index in [1.165, 1.54) is 11.8 Å². The molecule has 1 fully saturated rings. The van der Waals surface area contributed by atoms with Crippen molar-refractivity contribution in [1.82, 2.24) is 19.9 Å². The van der Waals surface area contributed by atoms with Crippen LogP contribution in [0.25, 0.3) is 5.65 Å². The number of thioether (sulfide) groups is 1. The zero-order chi connectivity index (χ0) is 14.1. The summed E-state index contributed by atoms with van der Waals surface area (Å²) in [6, 6.07) is 1.62. The second-order valence-corrected chi connectivity index (χ2v) is 6.59. The van der Waals surface area contributed by atoms with Gasteiger partial charge in [0.05, 0.1) is 15.3 Å². The lowest BCUT2D eigenvalue weighted by Gasteiger charge is -2.11. The van der Waals surface area contributed by atoms with E-state index in [2.05, 4.69) is 15.5 Å². The molecule has 0 radical (unpaired) electrons. The third-order valence-electron chi connectivity index (χ3n) is 3.13. The molecule has 1 amide bonds. The molecule has 5 nitrogen and oxygen atoms in total. The number of nitrogens with one attached hydrogen (secondary N) is 1. The van der Waals surface area contributed by atoms with E-state index in [9.17, 15) is 4.79 Å². The fraction of sp³-hybridized carbons (Fsp3) is 0.417. The van der Waals surface area contributed by atoms with Crippen LogP contribution in [0.2, 0.25) is 10.0 Å². The van der Waals surface area contributed by atoms with Crippen molar-refractivity contribution < 1.29 is 4.79 Å². The normalized spacial score (nSPS) is 19.9. The van der Waals surface area contributed by atoms with Crippen LogP contribution in [0.3, 0.4) is 0 Å². The van der Waals surface area contributed by atoms with Gasteiger partial charge in [-0.2, -0.15) is 0 Å². The standard InChI is InChI=1S/C12H12Cl2N4OS/c13-7-5-8(14)10-16-17-12(18(10)6-7)20-9-3-1-2-4-15-11(9)19/h5-6,9H,1-4H2,(H,15,19). The number of hydrogen-bond donors (Lipinski definition) is 1. The number of aromatic nitrogens is 3. The first kappa shape index (κ1) is 14.0. The maximum Gasteiger partial charge on any atom is 0.233 e. The summed E-state index contributed by atoms with van der Waals surface area (Å²) in [6.07, 6.45) is 4.58. The minimum absolute atomic E-state index is 0.0531. The lowest BCUT2D eigenvalue weighted by atomic mass is 10.2. The molecule has 1 aliphatic heterocycles. The molecule has 0 aromatic carbocycles. The molecular formula is C12H12Cl2N4OS. The van der Waals surface area contributed by atoms with Gasteiger partial charge in [-0.15, -0.1) is 10.2 Å². The molecule has 0 saturated carbocycles. The summed E-state index contributed by atoms with van der Waals surface area (Å²) in [5, 5.41) is 12.5. The Bertz CT molecular complexity index is 660. The van der Waals surface area contributed by atoms with E-state index in [0.717, 1.165) is 25.8 Å². The molecule has 0 bridgehead atoms. The van der Waals surface area contributed by atoms with Gasteiger partial charge < -0.3 is 5.32 Å². The Balaban J connectivity index is 1.92. The zero-order valence-electron chi connectivity index (χ0n) is 10.5. The van der Waals surface area contributed by atoms with Crippen molar-refractivity contribution in [3.8, 4) is 0 Å². The van der Waals surface area contributed by atoms with E-state index in [4.69, 9.17) is 23.2 Å². The number of rotatable bonds is 2. The predicted octanol–water partition coefficient (Wildman–Crippen LogP) is 2.80. The van der Waals surface area contributed by atoms with Gasteiger partial charge in [0.25, 0.3) is 0 Å². The highest BCUT2D eigenvalue weighted by Gasteiger charge is 2.24. The Labute approximate surface area is 130 Å². The Morgan fingerprint density at radius 1 is 1.35 bits per heavy atom. The Morgan fingerprint density at radius 2 is 2.20 bits per heavy atom. The number of amides is 1. The number of nitrogens with zero attached hydrogens (tertiary/aromatic N) is 3. The first-order valence-electron chi connectivity index (χ1n) is 6.29. The number of fused-ring (bicyclic) bond motifs is 1. The Morgan fingerprint density at radius 3 is 3.05 bits per heavy atom. The molecule has 3 rings (SSSR count). The van der Waals surface area contributed by atoms with E-state index in [1.54, 1.807) is 16.7 Å². The van der Waals surface area contributed by atoms with Crippen LogP contribution >= 0.6 is 35.0 Å². The molecule has 2 aromatic heterocycles. The topological polar surface area (TPSA) is 59.3 Å². The second-order valence-electron chi connectivity index (χ2n) is 4.58. The largest absolute Gasteiger partial charge is 0.355 e. The summed E-state index contributed by atoms with van der Waals surface area (Å²) < 4.78 is 1.73. The van der Waals surface area contributed by atoms with Crippen molar-refractivity contribution in [1.29, 1.82) is 0 Å². The van der Waals surface area contributed by atoms with Gasteiger partial charge in [0.1, 0.15) is 0 Å². The average Bonchev–Trinajstić information content (AvgIpc) is 2.68. The van der Waals surface area contributed by atoms with Gasteiger partial charge in [-0.3, -0.25) is 9.20 Å². The predicted molar refractivity (Wildman–Crippen MR) is 79.5 cm³/mol. The van der Waals surface area contributed by atoms with E-state index in [1.807, 2.05) is 0 Å². The van der Waals surface area contributed by atoms with Gasteiger partial charge >= 0.3 is 0 Å². The van der Waals surface area contributed by atoms with Gasteiger partial charge in [0.2, 0.25) is 5.91 Å². The molecule has 3 heterocycles. The van der Waals surface area contributed by atoms with Gasteiger partial charge in [0.15, 0.2) is 10.8 Å². The maximum absolute atomic E-state index is 12.0. The molecule has 1 atom stereocenters. The second kappa shape index (κ2) is 5.79. The summed E-state index contributed by atoms with van der Waals surface area (Å²) in [5.74, 6) is 0.0531. The fourth-order valence-corrected chi connectivity index (χ4v) is 3.71. The molecule has 2 aromatic rings. The van der Waals surface area contributed by atoms with Crippen LogP contribution in [0.4, 0.5) is 0 Å². The van der Waals surface area contributed by atoms with Crippen LogP contribution < -0.4 is 5.32 Å². The van der Waals surface area contributed by atoms with Crippen LogP contribution in [-0.4, -0.2) is 32.3 Å². The zero-order valence-corrected chi connectivity index (χ0v) is 12.8. The third kappa shape index (κ3) is 2.73. The average molecular weight is 331 g/mol. The summed E-state index contributed by atoms with van der Waals surface area (Å²) >= 11 is 13.5. The van der Waals surface area contributed by atoms with Crippen LogP contribution in [0.5, 0.6) is 0 Å². The highest BCUT2D eigenvalue weighted by molar-refractivity contribution is 8.00. The molecular weight excluding hydrogens is 319 g/mol. The van der Waals surface area contributed by atoms with E-state index >= 15 is 0 Å². The minimum atomic E-state index is -0.150. The SMILES string of the molecule is O=C1NCCCCC1Sc1nnc2c(Cl)cc(Cl)cn12. The fourth-order valence-electron chi connectivity index (χ4n) is 2.13. The van der Waals surface area contributed by atoms with Gasteiger partial charge in [0, 0.05) is 12.7 Å². The Kier molecular flexibility index (Phi) is 4.05. The molecule has 1 aliphatic rings. The number of carbonyl (C=O) groups is 1. The summed E-state index contributed by atoms with van der Waals surface area (Å²) in [5.41, 5.74) is 0.549. The van der Waals surface area contributed by atoms with Gasteiger partial charge in [-0.05, 0) is 18.9 Å². The maximum atomic E-state index is 12.0. The van der Waals surface area contributed by atoms with Crippen molar-refractivity contribution in [3.63, 3.8) is 0 Å². The molecule has 20 heavy (non-hydrogen) atoms. The van der Waals surface area contributed by atoms with Crippen molar-refractivity contribution >= 4 is 46.5 Å². The van der Waals surface area contributed by atoms with E-state index in [0.29, 0.717) is 20.8 Å². The molecule has 0 aliphatic carbocycles. The van der Waals surface area contributed by atoms with Crippen molar-refractivity contribution in [3.05, 3.63) is 22.3 Å². The first-order valence-corrected chi connectivity index (χ1v) is 7.93. The van der Waals surface area contributed by atoms with Crippen molar-refractivity contribution in [2.75, 3.05) is 6.54 Å². The summed E-state index contributed by atoms with van der Waals surface area (Å²) in [6.45, 7) is 0.744. The summed E-state index contributed by atoms with van der Waals surface area (Å²) in [4.78, 5) is 12.0. The van der Waals surface area contributed by atoms with E-state index < -0.39 is 0 Å². The highest BCUT2D eigenvalue weighted by Crippen LogP contribution is 2.30. The number of carbonyl (C=O) groups excluding carboxylic acids is 1. The van der Waals surface area contributed by atoms with Gasteiger partial charge in [-0.1, -0.05) is 41.4 Å². The van der Waals surface area contributed by atoms with Crippen molar-refractivity contribution in [2.45, 2.75) is 29.7 Å². The number of hydrogen-bond acceptors (Lipinski definition) is 4. The quantitative estimate of drug-likeness (QED) is 0.919. The smallest absolute Gasteiger partial charge is 0.233 e. The van der Waals surface area contributed by atoms with Gasteiger partial charge in [-0.25, -0.2) is 0 Å². The van der Waals surface area contributed by atoms with Crippen LogP contribution in [0, 0.1) is 0 Å². The van der Waals surface area contributed by atoms with E-state index in [-0.39, 0.29) is 11.2 Å². The molecule has 1 unspecified atom stereocenters. The summed E-state index contributed by atoms with van der Waals surface area (Å²) in [7, 11) is 0. The third-order valence-corrected chi connectivity index (χ3v) is 4.84. The first-order chi connectivity index (χ1) is 9.65. The number of pyridine rings is 1. The van der Waals surface area contributed by atoms with Crippen LogP contribution in [0.15, 0.2) is 17.4 Å². The highest BCUT2D eigenvalue weighted by atomic mass is 35.5. The minimum Gasteiger partial charge on any atom is -0.355 e. The molecule has 1 saturated heterocycles. The Hall–Kier alpha value is -0.980. The monoisotopic (exact) mass is 330 g/mol. The van der Waals surface area contributed by atoms with Crippen LogP contribution in [-0.2, 0) is 4.79 Å². The lowest BCUT2D eigenvalue weighted by molar-refractivity contribution is -0.120. The molecule has 0 spiro atoms. The van der Waals surface area contributed by atoms with Crippen molar-refractivity contribution in [2.24, 2.45) is 0 Å². The number of halogens is 2.